The van der Waals surface area contributed by atoms with Crippen molar-refractivity contribution >= 4 is 17.0 Å². The molecule has 2 amide bonds. The minimum atomic E-state index is -0.355. The second-order valence-electron chi connectivity index (χ2n) is 6.35. The fourth-order valence-corrected chi connectivity index (χ4v) is 2.85. The van der Waals surface area contributed by atoms with Gasteiger partial charge in [-0.2, -0.15) is 0 Å². The number of carbonyl (C=O) groups is 1. The third-order valence-electron chi connectivity index (χ3n) is 3.98. The van der Waals surface area contributed by atoms with Crippen molar-refractivity contribution in [2.24, 2.45) is 5.92 Å². The lowest BCUT2D eigenvalue weighted by Gasteiger charge is -2.17. The van der Waals surface area contributed by atoms with E-state index in [4.69, 9.17) is 4.42 Å². The Morgan fingerprint density at radius 2 is 1.96 bits per heavy atom. The van der Waals surface area contributed by atoms with Gasteiger partial charge in [0.15, 0.2) is 0 Å². The Hall–Kier alpha value is -2.01. The van der Waals surface area contributed by atoms with Gasteiger partial charge in [0.1, 0.15) is 11.3 Å². The zero-order valence-corrected chi connectivity index (χ0v) is 14.2. The fourth-order valence-electron chi connectivity index (χ4n) is 2.85. The van der Waals surface area contributed by atoms with Gasteiger partial charge in [-0.25, -0.2) is 4.79 Å². The third kappa shape index (κ3) is 4.48. The van der Waals surface area contributed by atoms with E-state index in [1.165, 1.54) is 0 Å². The fraction of sp³-hybridized carbons (Fsp3) is 0.500. The maximum Gasteiger partial charge on any atom is 0.315 e. The smallest absolute Gasteiger partial charge is 0.315 e. The van der Waals surface area contributed by atoms with Crippen LogP contribution in [0, 0.1) is 12.8 Å². The number of amides is 2. The number of rotatable bonds is 6. The number of aliphatic hydroxyl groups excluding tert-OH is 1. The lowest BCUT2D eigenvalue weighted by atomic mass is 10.1. The summed E-state index contributed by atoms with van der Waals surface area (Å²) in [7, 11) is 0. The van der Waals surface area contributed by atoms with Crippen molar-refractivity contribution in [2.75, 3.05) is 6.54 Å². The SMILES string of the molecule is Cc1c(C(C)NC(=O)NCC(C)CC(C)O)oc2ccccc12. The van der Waals surface area contributed by atoms with Gasteiger partial charge in [-0.05, 0) is 39.2 Å². The molecule has 5 nitrogen and oxygen atoms in total. The summed E-state index contributed by atoms with van der Waals surface area (Å²) < 4.78 is 5.86. The Kier molecular flexibility index (Phi) is 5.66. The van der Waals surface area contributed by atoms with Crippen LogP contribution < -0.4 is 10.6 Å². The average Bonchev–Trinajstić information content (AvgIpc) is 2.82. The largest absolute Gasteiger partial charge is 0.459 e. The number of hydrogen-bond acceptors (Lipinski definition) is 3. The molecule has 126 valence electrons. The predicted molar refractivity (Wildman–Crippen MR) is 91.4 cm³/mol. The summed E-state index contributed by atoms with van der Waals surface area (Å²) >= 11 is 0. The van der Waals surface area contributed by atoms with Crippen LogP contribution >= 0.6 is 0 Å². The molecule has 2 aromatic rings. The quantitative estimate of drug-likeness (QED) is 0.763. The van der Waals surface area contributed by atoms with Crippen LogP contribution in [0.3, 0.4) is 0 Å². The van der Waals surface area contributed by atoms with Crippen molar-refractivity contribution in [1.82, 2.24) is 10.6 Å². The zero-order valence-electron chi connectivity index (χ0n) is 14.2. The van der Waals surface area contributed by atoms with E-state index in [2.05, 4.69) is 10.6 Å². The topological polar surface area (TPSA) is 74.5 Å². The van der Waals surface area contributed by atoms with E-state index in [0.29, 0.717) is 13.0 Å². The van der Waals surface area contributed by atoms with E-state index >= 15 is 0 Å². The Balaban J connectivity index is 1.94. The monoisotopic (exact) mass is 318 g/mol. The molecular formula is C18H26N2O3. The second-order valence-corrected chi connectivity index (χ2v) is 6.35. The number of para-hydroxylation sites is 1. The molecule has 0 spiro atoms. The van der Waals surface area contributed by atoms with Gasteiger partial charge in [-0.15, -0.1) is 0 Å². The van der Waals surface area contributed by atoms with Crippen molar-refractivity contribution in [3.05, 3.63) is 35.6 Å². The van der Waals surface area contributed by atoms with Crippen LogP contribution in [0.1, 0.15) is 44.6 Å². The average molecular weight is 318 g/mol. The lowest BCUT2D eigenvalue weighted by Crippen LogP contribution is -2.39. The zero-order chi connectivity index (χ0) is 17.0. The Labute approximate surface area is 137 Å². The molecule has 3 N–H and O–H groups in total. The maximum atomic E-state index is 12.0. The molecule has 2 rings (SSSR count). The van der Waals surface area contributed by atoms with Gasteiger partial charge in [0.25, 0.3) is 0 Å². The standard InChI is InChI=1S/C18H26N2O3/c1-11(9-12(2)21)10-19-18(22)20-14(4)17-13(3)15-7-5-6-8-16(15)23-17/h5-8,11-12,14,21H,9-10H2,1-4H3,(H2,19,20,22). The highest BCUT2D eigenvalue weighted by Gasteiger charge is 2.18. The van der Waals surface area contributed by atoms with E-state index in [9.17, 15) is 9.90 Å². The van der Waals surface area contributed by atoms with Gasteiger partial charge in [-0.1, -0.05) is 25.1 Å². The molecule has 0 saturated carbocycles. The molecule has 0 aliphatic carbocycles. The van der Waals surface area contributed by atoms with E-state index < -0.39 is 0 Å². The molecule has 3 unspecified atom stereocenters. The number of nitrogens with one attached hydrogen (secondary N) is 2. The van der Waals surface area contributed by atoms with Crippen LogP contribution in [-0.4, -0.2) is 23.8 Å². The molecule has 0 bridgehead atoms. The number of carbonyl (C=O) groups excluding carboxylic acids is 1. The van der Waals surface area contributed by atoms with Gasteiger partial charge in [0, 0.05) is 17.5 Å². The molecule has 1 heterocycles. The summed E-state index contributed by atoms with van der Waals surface area (Å²) in [6.07, 6.45) is 0.311. The normalized spacial score (nSPS) is 15.2. The van der Waals surface area contributed by atoms with E-state index in [-0.39, 0.29) is 24.1 Å². The van der Waals surface area contributed by atoms with Gasteiger partial charge >= 0.3 is 6.03 Å². The Morgan fingerprint density at radius 1 is 1.26 bits per heavy atom. The molecule has 0 saturated heterocycles. The van der Waals surface area contributed by atoms with Gasteiger partial charge in [0.05, 0.1) is 12.1 Å². The summed E-state index contributed by atoms with van der Waals surface area (Å²) in [6.45, 7) is 8.19. The molecule has 0 aliphatic rings. The van der Waals surface area contributed by atoms with E-state index in [1.54, 1.807) is 6.92 Å². The van der Waals surface area contributed by atoms with Crippen LogP contribution in [0.15, 0.2) is 28.7 Å². The lowest BCUT2D eigenvalue weighted by molar-refractivity contribution is 0.163. The predicted octanol–water partition coefficient (Wildman–Crippen LogP) is 3.51. The maximum absolute atomic E-state index is 12.0. The number of benzene rings is 1. The number of fused-ring (bicyclic) bond motifs is 1. The van der Waals surface area contributed by atoms with Crippen LogP contribution in [-0.2, 0) is 0 Å². The highest BCUT2D eigenvalue weighted by molar-refractivity contribution is 5.82. The highest BCUT2D eigenvalue weighted by Crippen LogP contribution is 2.28. The van der Waals surface area contributed by atoms with Crippen LogP contribution in [0.4, 0.5) is 4.79 Å². The van der Waals surface area contributed by atoms with Crippen molar-refractivity contribution < 1.29 is 14.3 Å². The molecule has 23 heavy (non-hydrogen) atoms. The minimum Gasteiger partial charge on any atom is -0.459 e. The molecule has 3 atom stereocenters. The first-order chi connectivity index (χ1) is 10.9. The van der Waals surface area contributed by atoms with Crippen LogP contribution in [0.5, 0.6) is 0 Å². The molecule has 5 heteroatoms. The molecule has 1 aromatic heterocycles. The van der Waals surface area contributed by atoms with E-state index in [0.717, 1.165) is 22.3 Å². The molecular weight excluding hydrogens is 292 g/mol. The van der Waals surface area contributed by atoms with Crippen LogP contribution in [0.2, 0.25) is 0 Å². The Bertz CT molecular complexity index is 663. The number of urea groups is 1. The van der Waals surface area contributed by atoms with Crippen molar-refractivity contribution in [3.63, 3.8) is 0 Å². The third-order valence-corrected chi connectivity index (χ3v) is 3.98. The minimum absolute atomic E-state index is 0.213. The first kappa shape index (κ1) is 17.3. The second kappa shape index (κ2) is 7.51. The molecule has 0 aliphatic heterocycles. The summed E-state index contributed by atoms with van der Waals surface area (Å²) in [6, 6.07) is 7.41. The molecule has 1 aromatic carbocycles. The van der Waals surface area contributed by atoms with Gasteiger partial charge in [0.2, 0.25) is 0 Å². The van der Waals surface area contributed by atoms with Crippen molar-refractivity contribution in [3.8, 4) is 0 Å². The van der Waals surface area contributed by atoms with E-state index in [1.807, 2.05) is 45.0 Å². The highest BCUT2D eigenvalue weighted by atomic mass is 16.3. The first-order valence-corrected chi connectivity index (χ1v) is 8.09. The van der Waals surface area contributed by atoms with Gasteiger partial charge in [-0.3, -0.25) is 0 Å². The molecule has 0 fully saturated rings. The number of aryl methyl sites for hydroxylation is 1. The van der Waals surface area contributed by atoms with Gasteiger partial charge < -0.3 is 20.2 Å². The Morgan fingerprint density at radius 3 is 2.61 bits per heavy atom. The number of aliphatic hydroxyl groups is 1. The summed E-state index contributed by atoms with van der Waals surface area (Å²) in [5, 5.41) is 16.2. The molecule has 0 radical (unpaired) electrons. The number of hydrogen-bond donors (Lipinski definition) is 3. The van der Waals surface area contributed by atoms with Crippen molar-refractivity contribution in [2.45, 2.75) is 46.3 Å². The number of furan rings is 1. The van der Waals surface area contributed by atoms with Crippen molar-refractivity contribution in [1.29, 1.82) is 0 Å². The summed E-state index contributed by atoms with van der Waals surface area (Å²) in [5.41, 5.74) is 1.88. The first-order valence-electron chi connectivity index (χ1n) is 8.09. The van der Waals surface area contributed by atoms with Crippen LogP contribution in [0.25, 0.3) is 11.0 Å². The summed E-state index contributed by atoms with van der Waals surface area (Å²) in [5.74, 6) is 1.00. The summed E-state index contributed by atoms with van der Waals surface area (Å²) in [4.78, 5) is 12.0.